The first-order valence-electron chi connectivity index (χ1n) is 10.9. The van der Waals surface area contributed by atoms with Crippen LogP contribution in [0.2, 0.25) is 5.02 Å². The van der Waals surface area contributed by atoms with E-state index < -0.39 is 23.9 Å². The van der Waals surface area contributed by atoms with E-state index >= 15 is 0 Å². The minimum atomic E-state index is -0.830. The van der Waals surface area contributed by atoms with Gasteiger partial charge in [-0.15, -0.1) is 0 Å². The number of imide groups is 1. The van der Waals surface area contributed by atoms with Gasteiger partial charge in [0.15, 0.2) is 5.78 Å². The second-order valence-electron chi connectivity index (χ2n) is 8.68. The summed E-state index contributed by atoms with van der Waals surface area (Å²) >= 11 is 9.74. The van der Waals surface area contributed by atoms with Crippen LogP contribution in [-0.2, 0) is 9.59 Å². The number of para-hydroxylation sites is 1. The Hall–Kier alpha value is -3.22. The number of hydrogen-bond acceptors (Lipinski definition) is 4. The highest BCUT2D eigenvalue weighted by Gasteiger charge is 2.64. The normalized spacial score (nSPS) is 24.8. The van der Waals surface area contributed by atoms with Crippen LogP contribution >= 0.6 is 27.5 Å². The van der Waals surface area contributed by atoms with E-state index in [1.807, 2.05) is 29.2 Å². The number of ketones is 1. The van der Waals surface area contributed by atoms with Crippen molar-refractivity contribution >= 4 is 62.6 Å². The summed E-state index contributed by atoms with van der Waals surface area (Å²) in [6, 6.07) is 20.2. The molecule has 6 rings (SSSR count). The summed E-state index contributed by atoms with van der Waals surface area (Å²) < 4.78 is 0.853. The monoisotopic (exact) mass is 532 g/mol. The molecule has 3 aromatic carbocycles. The van der Waals surface area contributed by atoms with Gasteiger partial charge in [0.05, 0.1) is 23.6 Å². The Kier molecular flexibility index (Phi) is 4.97. The molecule has 2 saturated heterocycles. The molecule has 5 nitrogen and oxygen atoms in total. The molecule has 0 N–H and O–H groups in total. The van der Waals surface area contributed by atoms with Crippen LogP contribution in [0.15, 0.2) is 83.3 Å². The molecule has 0 radical (unpaired) electrons. The second-order valence-corrected chi connectivity index (χ2v) is 10.0. The number of amides is 2. The summed E-state index contributed by atoms with van der Waals surface area (Å²) in [6.45, 7) is 0. The number of carbonyl (C=O) groups excluding carboxylic acids is 3. The summed E-state index contributed by atoms with van der Waals surface area (Å²) in [4.78, 5) is 44.6. The summed E-state index contributed by atoms with van der Waals surface area (Å²) in [7, 11) is 0. The molecule has 3 aliphatic rings. The highest BCUT2D eigenvalue weighted by Crippen LogP contribution is 2.50. The van der Waals surface area contributed by atoms with Gasteiger partial charge in [0.2, 0.25) is 11.8 Å². The number of hydrogen-bond donors (Lipinski definition) is 0. The number of nitrogens with zero attached hydrogens (tertiary/aromatic N) is 2. The maximum absolute atomic E-state index is 13.9. The Morgan fingerprint density at radius 3 is 2.32 bits per heavy atom. The van der Waals surface area contributed by atoms with Crippen molar-refractivity contribution in [3.8, 4) is 0 Å². The maximum Gasteiger partial charge on any atom is 0.240 e. The predicted molar refractivity (Wildman–Crippen MR) is 135 cm³/mol. The lowest BCUT2D eigenvalue weighted by Crippen LogP contribution is -2.48. The lowest BCUT2D eigenvalue weighted by Gasteiger charge is -2.36. The SMILES string of the molecule is O=C(c1ccc(Br)cc1)[C@@H]1[C@@H]2C(=O)N(c3ccccc3)C(=O)[C@@H]2[C@H]2C=Cc3ccc(Cl)cc3N21. The molecule has 0 spiro atoms. The topological polar surface area (TPSA) is 57.7 Å². The van der Waals surface area contributed by atoms with Crippen LogP contribution in [-0.4, -0.2) is 29.7 Å². The smallest absolute Gasteiger partial charge is 0.240 e. The van der Waals surface area contributed by atoms with E-state index in [0.717, 1.165) is 15.7 Å². The van der Waals surface area contributed by atoms with Crippen molar-refractivity contribution in [1.82, 2.24) is 0 Å². The fourth-order valence-electron chi connectivity index (χ4n) is 5.45. The number of halogens is 2. The largest absolute Gasteiger partial charge is 0.352 e. The third-order valence-electron chi connectivity index (χ3n) is 6.88. The maximum atomic E-state index is 13.9. The average Bonchev–Trinajstić information content (AvgIpc) is 3.32. The van der Waals surface area contributed by atoms with E-state index in [2.05, 4.69) is 15.9 Å². The van der Waals surface area contributed by atoms with Crippen LogP contribution in [0, 0.1) is 11.8 Å². The highest BCUT2D eigenvalue weighted by molar-refractivity contribution is 9.10. The molecule has 4 atom stereocenters. The van der Waals surface area contributed by atoms with E-state index in [1.165, 1.54) is 4.90 Å². The van der Waals surface area contributed by atoms with Crippen molar-refractivity contribution in [1.29, 1.82) is 0 Å². The number of fused-ring (bicyclic) bond motifs is 5. The van der Waals surface area contributed by atoms with E-state index in [1.54, 1.807) is 60.7 Å². The van der Waals surface area contributed by atoms with Crippen molar-refractivity contribution in [2.24, 2.45) is 11.8 Å². The van der Waals surface area contributed by atoms with Crippen LogP contribution in [0.1, 0.15) is 15.9 Å². The van der Waals surface area contributed by atoms with Gasteiger partial charge in [-0.25, -0.2) is 4.90 Å². The number of carbonyl (C=O) groups is 3. The Morgan fingerprint density at radius 2 is 1.59 bits per heavy atom. The fraction of sp³-hybridized carbons (Fsp3) is 0.148. The Bertz CT molecular complexity index is 1370. The molecule has 3 heterocycles. The molecule has 0 bridgehead atoms. The first-order chi connectivity index (χ1) is 16.5. The van der Waals surface area contributed by atoms with Crippen molar-refractivity contribution in [2.45, 2.75) is 12.1 Å². The summed E-state index contributed by atoms with van der Waals surface area (Å²) in [5.74, 6) is -2.29. The molecule has 2 amide bonds. The van der Waals surface area contributed by atoms with E-state index in [-0.39, 0.29) is 17.6 Å². The zero-order valence-electron chi connectivity index (χ0n) is 17.8. The van der Waals surface area contributed by atoms with Gasteiger partial charge in [-0.3, -0.25) is 14.4 Å². The van der Waals surface area contributed by atoms with E-state index in [0.29, 0.717) is 16.3 Å². The number of anilines is 2. The van der Waals surface area contributed by atoms with E-state index in [4.69, 9.17) is 11.6 Å². The summed E-state index contributed by atoms with van der Waals surface area (Å²) in [6.07, 6.45) is 3.88. The highest BCUT2D eigenvalue weighted by atomic mass is 79.9. The van der Waals surface area contributed by atoms with Crippen LogP contribution < -0.4 is 9.80 Å². The summed E-state index contributed by atoms with van der Waals surface area (Å²) in [5.41, 5.74) is 2.67. The van der Waals surface area contributed by atoms with Crippen molar-refractivity contribution in [3.63, 3.8) is 0 Å². The number of rotatable bonds is 3. The second kappa shape index (κ2) is 7.93. The molecule has 0 aromatic heterocycles. The minimum absolute atomic E-state index is 0.192. The Labute approximate surface area is 209 Å². The minimum Gasteiger partial charge on any atom is -0.352 e. The zero-order chi connectivity index (χ0) is 23.6. The molecule has 168 valence electrons. The molecule has 3 aromatic rings. The molecule has 2 fully saturated rings. The lowest BCUT2D eigenvalue weighted by atomic mass is 9.86. The third kappa shape index (κ3) is 3.09. The fourth-order valence-corrected chi connectivity index (χ4v) is 5.88. The van der Waals surface area contributed by atoms with Gasteiger partial charge in [-0.1, -0.05) is 76.1 Å². The Morgan fingerprint density at radius 1 is 0.882 bits per heavy atom. The number of benzene rings is 3. The van der Waals surface area contributed by atoms with Crippen LogP contribution in [0.4, 0.5) is 11.4 Å². The molecule has 0 unspecified atom stereocenters. The van der Waals surface area contributed by atoms with Gasteiger partial charge >= 0.3 is 0 Å². The molecule has 7 heteroatoms. The molecule has 0 aliphatic carbocycles. The van der Waals surface area contributed by atoms with Crippen LogP contribution in [0.25, 0.3) is 6.08 Å². The summed E-state index contributed by atoms with van der Waals surface area (Å²) in [5, 5.41) is 0.531. The first-order valence-corrected chi connectivity index (χ1v) is 12.1. The molecule has 34 heavy (non-hydrogen) atoms. The third-order valence-corrected chi connectivity index (χ3v) is 7.65. The first kappa shape index (κ1) is 21.3. The molecule has 0 saturated carbocycles. The predicted octanol–water partition coefficient (Wildman–Crippen LogP) is 5.38. The zero-order valence-corrected chi connectivity index (χ0v) is 20.1. The number of Topliss-reactive ketones (excluding diaryl/α,β-unsaturated/α-hetero) is 1. The van der Waals surface area contributed by atoms with Gasteiger partial charge in [0, 0.05) is 20.7 Å². The van der Waals surface area contributed by atoms with Crippen molar-refractivity contribution < 1.29 is 14.4 Å². The Balaban J connectivity index is 1.51. The molecule has 3 aliphatic heterocycles. The van der Waals surface area contributed by atoms with Crippen LogP contribution in [0.5, 0.6) is 0 Å². The van der Waals surface area contributed by atoms with Gasteiger partial charge < -0.3 is 4.90 Å². The van der Waals surface area contributed by atoms with Crippen molar-refractivity contribution in [2.75, 3.05) is 9.80 Å². The molecular formula is C27H18BrClN2O3. The lowest BCUT2D eigenvalue weighted by molar-refractivity contribution is -0.122. The van der Waals surface area contributed by atoms with Gasteiger partial charge in [-0.05, 0) is 42.0 Å². The van der Waals surface area contributed by atoms with Crippen LogP contribution in [0.3, 0.4) is 0 Å². The van der Waals surface area contributed by atoms with Crippen molar-refractivity contribution in [3.05, 3.63) is 99.5 Å². The van der Waals surface area contributed by atoms with E-state index in [9.17, 15) is 14.4 Å². The quantitative estimate of drug-likeness (QED) is 0.335. The standard InChI is InChI=1S/C27H18BrClN2O3/c28-17-10-6-16(7-11-17)25(32)24-23-22(26(33)30(27(23)34)19-4-2-1-3-5-19)20-13-9-15-8-12-18(29)14-21(15)31(20)24/h1-14,20,22-24H/t20-,22-,23-,24+/m1/s1. The van der Waals surface area contributed by atoms with Gasteiger partial charge in [-0.2, -0.15) is 0 Å². The van der Waals surface area contributed by atoms with Gasteiger partial charge in [0.25, 0.3) is 0 Å². The molecular weight excluding hydrogens is 516 g/mol. The van der Waals surface area contributed by atoms with Gasteiger partial charge in [0.1, 0.15) is 6.04 Å². The average molecular weight is 534 g/mol.